The highest BCUT2D eigenvalue weighted by atomic mass is 16.5. The standard InChI is InChI=1S/C13H19N3O3/c1-8-11(9(2)19-15-8)7-16(3)13(18)10-4-5-12(17)14-6-10/h10H,4-7H2,1-3H3,(H,14,17). The lowest BCUT2D eigenvalue weighted by atomic mass is 9.97. The van der Waals surface area contributed by atoms with Gasteiger partial charge >= 0.3 is 0 Å². The molecule has 104 valence electrons. The summed E-state index contributed by atoms with van der Waals surface area (Å²) in [4.78, 5) is 25.0. The number of carbonyl (C=O) groups is 2. The summed E-state index contributed by atoms with van der Waals surface area (Å²) in [5.41, 5.74) is 1.77. The first-order valence-electron chi connectivity index (χ1n) is 6.42. The zero-order valence-electron chi connectivity index (χ0n) is 11.5. The molecule has 2 rings (SSSR count). The number of nitrogens with one attached hydrogen (secondary N) is 1. The summed E-state index contributed by atoms with van der Waals surface area (Å²) >= 11 is 0. The van der Waals surface area contributed by atoms with Crippen molar-refractivity contribution in [3.8, 4) is 0 Å². The summed E-state index contributed by atoms with van der Waals surface area (Å²) in [5.74, 6) is 0.703. The Balaban J connectivity index is 1.98. The van der Waals surface area contributed by atoms with E-state index in [1.807, 2.05) is 13.8 Å². The predicted octanol–water partition coefficient (Wildman–Crippen LogP) is 0.776. The van der Waals surface area contributed by atoms with Crippen molar-refractivity contribution in [1.82, 2.24) is 15.4 Å². The molecule has 6 nitrogen and oxygen atoms in total. The Hall–Kier alpha value is -1.85. The lowest BCUT2D eigenvalue weighted by Gasteiger charge is -2.26. The van der Waals surface area contributed by atoms with E-state index in [-0.39, 0.29) is 17.7 Å². The monoisotopic (exact) mass is 265 g/mol. The Labute approximate surface area is 112 Å². The van der Waals surface area contributed by atoms with Crippen LogP contribution >= 0.6 is 0 Å². The summed E-state index contributed by atoms with van der Waals surface area (Å²) in [6.45, 7) is 4.63. The molecule has 1 atom stereocenters. The van der Waals surface area contributed by atoms with Crippen LogP contribution in [0.1, 0.15) is 29.9 Å². The van der Waals surface area contributed by atoms with Gasteiger partial charge in [-0.05, 0) is 20.3 Å². The molecule has 19 heavy (non-hydrogen) atoms. The maximum atomic E-state index is 12.3. The van der Waals surface area contributed by atoms with E-state index in [4.69, 9.17) is 4.52 Å². The van der Waals surface area contributed by atoms with Crippen molar-refractivity contribution in [2.45, 2.75) is 33.2 Å². The van der Waals surface area contributed by atoms with Crippen LogP contribution < -0.4 is 5.32 Å². The van der Waals surface area contributed by atoms with Crippen molar-refractivity contribution in [2.75, 3.05) is 13.6 Å². The van der Waals surface area contributed by atoms with Gasteiger partial charge in [-0.3, -0.25) is 9.59 Å². The molecule has 1 aromatic rings. The first-order chi connectivity index (χ1) is 8.99. The normalized spacial score (nSPS) is 19.1. The smallest absolute Gasteiger partial charge is 0.227 e. The Morgan fingerprint density at radius 2 is 2.26 bits per heavy atom. The third-order valence-electron chi connectivity index (χ3n) is 3.57. The molecule has 1 saturated heterocycles. The number of piperidine rings is 1. The average Bonchev–Trinajstić information content (AvgIpc) is 2.70. The highest BCUT2D eigenvalue weighted by molar-refractivity contribution is 5.83. The van der Waals surface area contributed by atoms with E-state index in [2.05, 4.69) is 10.5 Å². The van der Waals surface area contributed by atoms with E-state index in [1.165, 1.54) is 0 Å². The number of aromatic nitrogens is 1. The zero-order valence-corrected chi connectivity index (χ0v) is 11.5. The van der Waals surface area contributed by atoms with E-state index in [0.717, 1.165) is 17.0 Å². The molecule has 2 amide bonds. The predicted molar refractivity (Wildman–Crippen MR) is 68.2 cm³/mol. The largest absolute Gasteiger partial charge is 0.361 e. The molecule has 2 heterocycles. The van der Waals surface area contributed by atoms with Crippen molar-refractivity contribution in [3.05, 3.63) is 17.0 Å². The quantitative estimate of drug-likeness (QED) is 0.876. The van der Waals surface area contributed by atoms with Gasteiger partial charge in [0.25, 0.3) is 0 Å². The van der Waals surface area contributed by atoms with Crippen molar-refractivity contribution in [3.63, 3.8) is 0 Å². The van der Waals surface area contributed by atoms with Gasteiger partial charge in [-0.25, -0.2) is 0 Å². The van der Waals surface area contributed by atoms with Crippen LogP contribution in [0.4, 0.5) is 0 Å². The Kier molecular flexibility index (Phi) is 3.87. The second-order valence-electron chi connectivity index (χ2n) is 5.04. The molecular weight excluding hydrogens is 246 g/mol. The fraction of sp³-hybridized carbons (Fsp3) is 0.615. The Morgan fingerprint density at radius 1 is 1.53 bits per heavy atom. The van der Waals surface area contributed by atoms with Crippen molar-refractivity contribution >= 4 is 11.8 Å². The number of carbonyl (C=O) groups excluding carboxylic acids is 2. The van der Waals surface area contributed by atoms with Crippen LogP contribution in [-0.2, 0) is 16.1 Å². The van der Waals surface area contributed by atoms with E-state index in [1.54, 1.807) is 11.9 Å². The van der Waals surface area contributed by atoms with E-state index < -0.39 is 0 Å². The van der Waals surface area contributed by atoms with Crippen molar-refractivity contribution in [2.24, 2.45) is 5.92 Å². The van der Waals surface area contributed by atoms with Gasteiger partial charge in [-0.15, -0.1) is 0 Å². The minimum Gasteiger partial charge on any atom is -0.361 e. The first-order valence-corrected chi connectivity index (χ1v) is 6.42. The number of amides is 2. The maximum Gasteiger partial charge on any atom is 0.227 e. The topological polar surface area (TPSA) is 75.4 Å². The molecule has 0 bridgehead atoms. The molecule has 0 aliphatic carbocycles. The molecule has 0 saturated carbocycles. The van der Waals surface area contributed by atoms with Crippen molar-refractivity contribution in [1.29, 1.82) is 0 Å². The fourth-order valence-corrected chi connectivity index (χ4v) is 2.30. The number of aryl methyl sites for hydroxylation is 2. The van der Waals surface area contributed by atoms with Gasteiger partial charge in [-0.1, -0.05) is 5.16 Å². The minimum atomic E-state index is -0.122. The van der Waals surface area contributed by atoms with E-state index >= 15 is 0 Å². The van der Waals surface area contributed by atoms with Gasteiger partial charge in [0.05, 0.1) is 18.2 Å². The van der Waals surface area contributed by atoms with Gasteiger partial charge in [0.2, 0.25) is 11.8 Å². The molecule has 1 unspecified atom stereocenters. The third kappa shape index (κ3) is 2.94. The van der Waals surface area contributed by atoms with Gasteiger partial charge in [0.15, 0.2) is 0 Å². The summed E-state index contributed by atoms with van der Waals surface area (Å²) < 4.78 is 5.09. The number of nitrogens with zero attached hydrogens (tertiary/aromatic N) is 2. The van der Waals surface area contributed by atoms with Crippen LogP contribution in [0, 0.1) is 19.8 Å². The van der Waals surface area contributed by atoms with Gasteiger partial charge in [0.1, 0.15) is 5.76 Å². The second-order valence-corrected chi connectivity index (χ2v) is 5.04. The van der Waals surface area contributed by atoms with Crippen LogP contribution in [0.2, 0.25) is 0 Å². The third-order valence-corrected chi connectivity index (χ3v) is 3.57. The summed E-state index contributed by atoms with van der Waals surface area (Å²) in [6, 6.07) is 0. The highest BCUT2D eigenvalue weighted by Gasteiger charge is 2.27. The van der Waals surface area contributed by atoms with Gasteiger partial charge in [0, 0.05) is 25.6 Å². The number of hydrogen-bond acceptors (Lipinski definition) is 4. The van der Waals surface area contributed by atoms with Crippen LogP contribution in [0.3, 0.4) is 0 Å². The van der Waals surface area contributed by atoms with Gasteiger partial charge < -0.3 is 14.7 Å². The lowest BCUT2D eigenvalue weighted by molar-refractivity contribution is -0.136. The Bertz CT molecular complexity index is 466. The molecular formula is C13H19N3O3. The van der Waals surface area contributed by atoms with Crippen LogP contribution in [-0.4, -0.2) is 35.5 Å². The van der Waals surface area contributed by atoms with Gasteiger partial charge in [-0.2, -0.15) is 0 Å². The number of rotatable bonds is 3. The molecule has 1 aliphatic rings. The minimum absolute atomic E-state index is 0.0254. The van der Waals surface area contributed by atoms with E-state index in [0.29, 0.717) is 25.9 Å². The maximum absolute atomic E-state index is 12.3. The van der Waals surface area contributed by atoms with Crippen LogP contribution in [0.15, 0.2) is 4.52 Å². The summed E-state index contributed by atoms with van der Waals surface area (Å²) in [5, 5.41) is 6.61. The van der Waals surface area contributed by atoms with Crippen LogP contribution in [0.25, 0.3) is 0 Å². The molecule has 0 spiro atoms. The number of hydrogen-bond donors (Lipinski definition) is 1. The molecule has 0 aromatic carbocycles. The van der Waals surface area contributed by atoms with Crippen molar-refractivity contribution < 1.29 is 14.1 Å². The SMILES string of the molecule is Cc1noc(C)c1CN(C)C(=O)C1CCC(=O)NC1. The highest BCUT2D eigenvalue weighted by Crippen LogP contribution is 2.18. The van der Waals surface area contributed by atoms with Crippen LogP contribution in [0.5, 0.6) is 0 Å². The molecule has 1 aliphatic heterocycles. The first kappa shape index (κ1) is 13.6. The molecule has 6 heteroatoms. The Morgan fingerprint density at radius 3 is 2.79 bits per heavy atom. The lowest BCUT2D eigenvalue weighted by Crippen LogP contribution is -2.43. The summed E-state index contributed by atoms with van der Waals surface area (Å²) in [6.07, 6.45) is 1.05. The zero-order chi connectivity index (χ0) is 14.0. The fourth-order valence-electron chi connectivity index (χ4n) is 2.30. The molecule has 1 N–H and O–H groups in total. The molecule has 1 fully saturated rings. The molecule has 1 aromatic heterocycles. The summed E-state index contributed by atoms with van der Waals surface area (Å²) in [7, 11) is 1.77. The average molecular weight is 265 g/mol. The second kappa shape index (κ2) is 5.42. The molecule has 0 radical (unpaired) electrons. The van der Waals surface area contributed by atoms with E-state index in [9.17, 15) is 9.59 Å².